The normalized spacial score (nSPS) is 8.92. The van der Waals surface area contributed by atoms with Crippen molar-refractivity contribution < 1.29 is 5.11 Å². The lowest BCUT2D eigenvalue weighted by atomic mass is 10.3. The van der Waals surface area contributed by atoms with Gasteiger partial charge < -0.3 is 5.11 Å². The van der Waals surface area contributed by atoms with Crippen LogP contribution in [-0.2, 0) is 0 Å². The third-order valence-corrected chi connectivity index (χ3v) is 1.75. The van der Waals surface area contributed by atoms with Crippen LogP contribution in [0, 0.1) is 11.8 Å². The summed E-state index contributed by atoms with van der Waals surface area (Å²) >= 11 is 11.4. The molecule has 0 aliphatic heterocycles. The van der Waals surface area contributed by atoms with Crippen LogP contribution in [-0.4, -0.2) is 16.7 Å². The van der Waals surface area contributed by atoms with Gasteiger partial charge in [-0.25, -0.2) is 4.98 Å². The van der Waals surface area contributed by atoms with Gasteiger partial charge in [-0.05, 0) is 6.07 Å². The second kappa shape index (κ2) is 4.32. The molecule has 0 saturated heterocycles. The molecule has 0 bridgehead atoms. The number of halogens is 2. The number of pyridine rings is 1. The molecule has 0 radical (unpaired) electrons. The molecule has 1 rings (SSSR count). The molecule has 0 unspecified atom stereocenters. The van der Waals surface area contributed by atoms with Gasteiger partial charge in [0.15, 0.2) is 0 Å². The lowest BCUT2D eigenvalue weighted by Crippen LogP contribution is -1.84. The molecular formula is C8H5Cl2NO. The number of rotatable bonds is 0. The molecule has 4 heteroatoms. The first-order valence-electron chi connectivity index (χ1n) is 3.15. The fourth-order valence-corrected chi connectivity index (χ4v) is 1.10. The molecule has 0 fully saturated rings. The third-order valence-electron chi connectivity index (χ3n) is 1.15. The van der Waals surface area contributed by atoms with Crippen LogP contribution < -0.4 is 0 Å². The summed E-state index contributed by atoms with van der Waals surface area (Å²) in [6.07, 6.45) is 1.49. The van der Waals surface area contributed by atoms with Crippen molar-refractivity contribution in [3.63, 3.8) is 0 Å². The van der Waals surface area contributed by atoms with Gasteiger partial charge in [0.25, 0.3) is 0 Å². The zero-order valence-corrected chi connectivity index (χ0v) is 7.52. The van der Waals surface area contributed by atoms with Crippen LogP contribution in [0.3, 0.4) is 0 Å². The highest BCUT2D eigenvalue weighted by atomic mass is 35.5. The van der Waals surface area contributed by atoms with Crippen molar-refractivity contribution in [2.24, 2.45) is 0 Å². The van der Waals surface area contributed by atoms with Crippen LogP contribution in [0.1, 0.15) is 5.56 Å². The van der Waals surface area contributed by atoms with E-state index >= 15 is 0 Å². The molecule has 1 aromatic rings. The molecule has 0 aliphatic rings. The van der Waals surface area contributed by atoms with Crippen LogP contribution in [0.15, 0.2) is 12.3 Å². The lowest BCUT2D eigenvalue weighted by Gasteiger charge is -1.95. The van der Waals surface area contributed by atoms with Gasteiger partial charge in [-0.15, -0.1) is 0 Å². The van der Waals surface area contributed by atoms with E-state index in [0.717, 1.165) is 0 Å². The smallest absolute Gasteiger partial charge is 0.146 e. The minimum Gasteiger partial charge on any atom is -0.384 e. The van der Waals surface area contributed by atoms with Gasteiger partial charge in [-0.3, -0.25) is 0 Å². The Morgan fingerprint density at radius 1 is 1.50 bits per heavy atom. The minimum absolute atomic E-state index is 0.221. The highest BCUT2D eigenvalue weighted by Crippen LogP contribution is 2.20. The van der Waals surface area contributed by atoms with E-state index in [1.54, 1.807) is 6.07 Å². The molecule has 0 saturated carbocycles. The van der Waals surface area contributed by atoms with E-state index in [-0.39, 0.29) is 11.8 Å². The second-order valence-electron chi connectivity index (χ2n) is 1.92. The van der Waals surface area contributed by atoms with E-state index in [0.29, 0.717) is 10.6 Å². The van der Waals surface area contributed by atoms with Crippen molar-refractivity contribution in [3.8, 4) is 11.8 Å². The summed E-state index contributed by atoms with van der Waals surface area (Å²) in [7, 11) is 0. The van der Waals surface area contributed by atoms with Gasteiger partial charge in [0.05, 0.1) is 10.6 Å². The number of aliphatic hydroxyl groups excluding tert-OH is 1. The monoisotopic (exact) mass is 201 g/mol. The standard InChI is InChI=1S/C8H5Cl2NO/c9-7-3-4-11-8(10)6(7)2-1-5-12/h3-4,12H,5H2. The summed E-state index contributed by atoms with van der Waals surface area (Å²) in [6, 6.07) is 1.59. The van der Waals surface area contributed by atoms with Gasteiger partial charge in [-0.1, -0.05) is 35.0 Å². The zero-order valence-electron chi connectivity index (χ0n) is 6.01. The first-order valence-corrected chi connectivity index (χ1v) is 3.91. The number of hydrogen-bond acceptors (Lipinski definition) is 2. The third kappa shape index (κ3) is 2.12. The molecule has 1 heterocycles. The Hall–Kier alpha value is -0.750. The van der Waals surface area contributed by atoms with E-state index in [1.807, 2.05) is 0 Å². The van der Waals surface area contributed by atoms with Crippen LogP contribution >= 0.6 is 23.2 Å². The molecule has 0 aliphatic carbocycles. The molecule has 2 nitrogen and oxygen atoms in total. The van der Waals surface area contributed by atoms with Crippen molar-refractivity contribution in [1.82, 2.24) is 4.98 Å². The lowest BCUT2D eigenvalue weighted by molar-refractivity contribution is 0.350. The van der Waals surface area contributed by atoms with E-state index in [9.17, 15) is 0 Å². The van der Waals surface area contributed by atoms with Gasteiger partial charge in [0.1, 0.15) is 11.8 Å². The van der Waals surface area contributed by atoms with Gasteiger partial charge in [0.2, 0.25) is 0 Å². The zero-order chi connectivity index (χ0) is 8.97. The largest absolute Gasteiger partial charge is 0.384 e. The van der Waals surface area contributed by atoms with E-state index in [4.69, 9.17) is 28.3 Å². The highest BCUT2D eigenvalue weighted by Gasteiger charge is 2.01. The van der Waals surface area contributed by atoms with Crippen molar-refractivity contribution in [2.45, 2.75) is 0 Å². The molecule has 1 aromatic heterocycles. The quantitative estimate of drug-likeness (QED) is 0.513. The fraction of sp³-hybridized carbons (Fsp3) is 0.125. The molecule has 1 N–H and O–H groups in total. The van der Waals surface area contributed by atoms with E-state index in [1.165, 1.54) is 6.20 Å². The van der Waals surface area contributed by atoms with Crippen molar-refractivity contribution in [3.05, 3.63) is 28.0 Å². The molecule has 62 valence electrons. The Labute approximate surface area is 80.1 Å². The Morgan fingerprint density at radius 3 is 2.83 bits per heavy atom. The maximum Gasteiger partial charge on any atom is 0.146 e. The van der Waals surface area contributed by atoms with E-state index < -0.39 is 0 Å². The topological polar surface area (TPSA) is 33.1 Å². The second-order valence-corrected chi connectivity index (χ2v) is 2.68. The van der Waals surface area contributed by atoms with Crippen molar-refractivity contribution >= 4 is 23.2 Å². The first kappa shape index (κ1) is 9.34. The summed E-state index contributed by atoms with van der Waals surface area (Å²) in [4.78, 5) is 3.79. The van der Waals surface area contributed by atoms with Crippen LogP contribution in [0.4, 0.5) is 0 Å². The molecule has 0 spiro atoms. The molecular weight excluding hydrogens is 197 g/mol. The van der Waals surface area contributed by atoms with Gasteiger partial charge in [0, 0.05) is 6.20 Å². The van der Waals surface area contributed by atoms with E-state index in [2.05, 4.69) is 16.8 Å². The van der Waals surface area contributed by atoms with Crippen LogP contribution in [0.5, 0.6) is 0 Å². The number of aliphatic hydroxyl groups is 1. The Kier molecular flexibility index (Phi) is 3.36. The van der Waals surface area contributed by atoms with Crippen molar-refractivity contribution in [1.29, 1.82) is 0 Å². The first-order chi connectivity index (χ1) is 5.75. The van der Waals surface area contributed by atoms with Gasteiger partial charge in [-0.2, -0.15) is 0 Å². The number of aromatic nitrogens is 1. The number of nitrogens with zero attached hydrogens (tertiary/aromatic N) is 1. The summed E-state index contributed by atoms with van der Waals surface area (Å²) in [5.74, 6) is 5.05. The van der Waals surface area contributed by atoms with Crippen LogP contribution in [0.2, 0.25) is 10.2 Å². The maximum absolute atomic E-state index is 8.43. The molecule has 0 aromatic carbocycles. The Bertz CT molecular complexity index is 320. The predicted molar refractivity (Wildman–Crippen MR) is 48.2 cm³/mol. The average Bonchev–Trinajstić information content (AvgIpc) is 2.04. The Balaban J connectivity index is 3.13. The molecule has 0 atom stereocenters. The molecule has 0 amide bonds. The summed E-state index contributed by atoms with van der Waals surface area (Å²) in [6.45, 7) is -0.221. The summed E-state index contributed by atoms with van der Waals surface area (Å²) in [5, 5.41) is 9.12. The van der Waals surface area contributed by atoms with Gasteiger partial charge >= 0.3 is 0 Å². The Morgan fingerprint density at radius 2 is 2.25 bits per heavy atom. The highest BCUT2D eigenvalue weighted by molar-refractivity contribution is 6.35. The predicted octanol–water partition coefficient (Wildman–Crippen LogP) is 1.73. The van der Waals surface area contributed by atoms with Crippen LogP contribution in [0.25, 0.3) is 0 Å². The summed E-state index contributed by atoms with van der Waals surface area (Å²) in [5.41, 5.74) is 0.454. The summed E-state index contributed by atoms with van der Waals surface area (Å²) < 4.78 is 0. The SMILES string of the molecule is OCC#Cc1c(Cl)ccnc1Cl. The maximum atomic E-state index is 8.43. The minimum atomic E-state index is -0.221. The van der Waals surface area contributed by atoms with Crippen molar-refractivity contribution in [2.75, 3.05) is 6.61 Å². The average molecular weight is 202 g/mol. The fourth-order valence-electron chi connectivity index (χ4n) is 0.654. The number of hydrogen-bond donors (Lipinski definition) is 1. The molecule has 12 heavy (non-hydrogen) atoms.